The summed E-state index contributed by atoms with van der Waals surface area (Å²) in [5, 5.41) is 19.7. The Bertz CT molecular complexity index is 1280. The maximum absolute atomic E-state index is 12.6. The molecule has 16 heteroatoms. The number of hydrogen-bond donors (Lipinski definition) is 5. The Morgan fingerprint density at radius 1 is 0.649 bits per heavy atom. The van der Waals surface area contributed by atoms with E-state index < -0.39 is 72.3 Å². The van der Waals surface area contributed by atoms with E-state index in [1.54, 1.807) is 12.2 Å². The molecule has 57 heavy (non-hydrogen) atoms. The highest BCUT2D eigenvalue weighted by molar-refractivity contribution is 7.47. The van der Waals surface area contributed by atoms with Crippen LogP contribution >= 0.6 is 15.6 Å². The molecule has 3 unspecified atom stereocenters. The predicted molar refractivity (Wildman–Crippen MR) is 222 cm³/mol. The third-order valence-electron chi connectivity index (χ3n) is 8.53. The van der Waals surface area contributed by atoms with Crippen LogP contribution in [0.3, 0.4) is 0 Å². The fraction of sp³-hybridized carbons (Fsp3) is 0.707. The largest absolute Gasteiger partial charge is 0.472 e. The van der Waals surface area contributed by atoms with E-state index in [4.69, 9.17) is 23.8 Å². The number of esters is 2. The molecule has 0 radical (unpaired) electrons. The van der Waals surface area contributed by atoms with Gasteiger partial charge in [0.15, 0.2) is 6.10 Å². The second-order valence-electron chi connectivity index (χ2n) is 14.0. The molecule has 0 heterocycles. The zero-order chi connectivity index (χ0) is 42.6. The van der Waals surface area contributed by atoms with Crippen molar-refractivity contribution in [1.29, 1.82) is 0 Å². The topological polar surface area (TPSA) is 216 Å². The molecule has 0 spiro atoms. The number of aliphatic hydroxyl groups excluding tert-OH is 2. The second kappa shape index (κ2) is 35.7. The molecule has 0 aliphatic carbocycles. The van der Waals surface area contributed by atoms with Crippen LogP contribution in [0, 0.1) is 5.92 Å². The molecule has 0 saturated carbocycles. The van der Waals surface area contributed by atoms with Crippen LogP contribution in [-0.4, -0.2) is 81.6 Å². The highest BCUT2D eigenvalue weighted by Gasteiger charge is 2.28. The van der Waals surface area contributed by atoms with E-state index in [9.17, 15) is 33.8 Å². The smallest absolute Gasteiger partial charge is 0.462 e. The quantitative estimate of drug-likeness (QED) is 0.0130. The maximum Gasteiger partial charge on any atom is 0.472 e. The number of allylic oxidation sites excluding steroid dienone is 8. The summed E-state index contributed by atoms with van der Waals surface area (Å²) >= 11 is 0. The van der Waals surface area contributed by atoms with E-state index in [0.29, 0.717) is 32.1 Å². The number of hydrogen-bond acceptors (Lipinski definition) is 11. The summed E-state index contributed by atoms with van der Waals surface area (Å²) in [5.41, 5.74) is 0. The van der Waals surface area contributed by atoms with Crippen LogP contribution in [0.25, 0.3) is 0 Å². The standard InChI is InChI=1S/C41H72O14P2/c1-4-6-7-8-18-23-28-37(42)29-24-19-14-10-12-16-21-26-31-41(45)55-39(35-54-57(49,50)53-33-38(43)32-52-56(46,47)48)34-51-40(44)30-25-20-15-11-9-13-17-22-27-36(3)5-2/h6-7,12,14,16,18-19,23-24,29,36-39,42-43H,4-5,8-11,13,15,17,20-22,25-28,30-35H2,1-3H3,(H,49,50)(H2,46,47,48)/b7-6-,16-12-,19-14-,23-18-,29-24+/t36?,37?,38-,39+/m0/s1. The average molecular weight is 851 g/mol. The van der Waals surface area contributed by atoms with E-state index in [2.05, 4.69) is 42.0 Å². The van der Waals surface area contributed by atoms with Gasteiger partial charge in [0, 0.05) is 12.8 Å². The third kappa shape index (κ3) is 39.0. The molecule has 0 rings (SSSR count). The first-order chi connectivity index (χ1) is 27.2. The molecule has 0 aliphatic heterocycles. The summed E-state index contributed by atoms with van der Waals surface area (Å²) in [6.45, 7) is 3.76. The van der Waals surface area contributed by atoms with Crippen LogP contribution in [0.2, 0.25) is 0 Å². The van der Waals surface area contributed by atoms with Crippen LogP contribution in [0.1, 0.15) is 136 Å². The van der Waals surface area contributed by atoms with E-state index in [0.717, 1.165) is 38.0 Å². The number of unbranched alkanes of at least 4 members (excludes halogenated alkanes) is 8. The summed E-state index contributed by atoms with van der Waals surface area (Å²) < 4.78 is 47.6. The van der Waals surface area contributed by atoms with Gasteiger partial charge in [-0.05, 0) is 50.9 Å². The normalized spacial score (nSPS) is 15.9. The fourth-order valence-corrected chi connectivity index (χ4v) is 6.19. The van der Waals surface area contributed by atoms with Crippen LogP contribution < -0.4 is 0 Å². The van der Waals surface area contributed by atoms with Gasteiger partial charge in [-0.15, -0.1) is 0 Å². The Morgan fingerprint density at radius 3 is 1.93 bits per heavy atom. The summed E-state index contributed by atoms with van der Waals surface area (Å²) in [7, 11) is -9.71. The summed E-state index contributed by atoms with van der Waals surface area (Å²) in [6.07, 6.45) is 31.2. The number of carbonyl (C=O) groups excluding carboxylic acids is 2. The molecule has 0 aromatic rings. The fourth-order valence-electron chi connectivity index (χ4n) is 5.03. The molecule has 0 bridgehead atoms. The van der Waals surface area contributed by atoms with Gasteiger partial charge < -0.3 is 34.4 Å². The van der Waals surface area contributed by atoms with Gasteiger partial charge in [0.2, 0.25) is 0 Å². The highest BCUT2D eigenvalue weighted by atomic mass is 31.2. The van der Waals surface area contributed by atoms with Gasteiger partial charge in [-0.2, -0.15) is 0 Å². The Morgan fingerprint density at radius 2 is 1.25 bits per heavy atom. The van der Waals surface area contributed by atoms with Crippen LogP contribution in [0.15, 0.2) is 60.8 Å². The molecule has 330 valence electrons. The maximum atomic E-state index is 12.6. The average Bonchev–Trinajstić information content (AvgIpc) is 3.16. The van der Waals surface area contributed by atoms with Crippen molar-refractivity contribution in [2.75, 3.05) is 26.4 Å². The lowest BCUT2D eigenvalue weighted by Gasteiger charge is -2.20. The molecule has 0 aromatic heterocycles. The number of aliphatic hydroxyl groups is 2. The number of ether oxygens (including phenoxy) is 2. The number of phosphoric ester groups is 2. The minimum atomic E-state index is -4.88. The lowest BCUT2D eigenvalue weighted by molar-refractivity contribution is -0.161. The van der Waals surface area contributed by atoms with Crippen LogP contribution in [-0.2, 0) is 41.8 Å². The molecule has 14 nitrogen and oxygen atoms in total. The highest BCUT2D eigenvalue weighted by Crippen LogP contribution is 2.43. The molecular formula is C41H72O14P2. The second-order valence-corrected chi connectivity index (χ2v) is 16.7. The molecule has 5 N–H and O–H groups in total. The molecule has 5 atom stereocenters. The van der Waals surface area contributed by atoms with Crippen molar-refractivity contribution in [2.45, 2.75) is 155 Å². The molecule has 0 amide bonds. The summed E-state index contributed by atoms with van der Waals surface area (Å²) in [5.74, 6) is -0.360. The zero-order valence-corrected chi connectivity index (χ0v) is 36.2. The lowest BCUT2D eigenvalue weighted by atomic mass is 9.99. The predicted octanol–water partition coefficient (Wildman–Crippen LogP) is 8.88. The van der Waals surface area contributed by atoms with Crippen molar-refractivity contribution < 1.29 is 66.7 Å². The number of phosphoric acid groups is 2. The molecule has 0 fully saturated rings. The molecular weight excluding hydrogens is 778 g/mol. The molecule has 0 saturated heterocycles. The first-order valence-electron chi connectivity index (χ1n) is 20.5. The van der Waals surface area contributed by atoms with Gasteiger partial charge >= 0.3 is 27.6 Å². The van der Waals surface area contributed by atoms with Gasteiger partial charge in [0.1, 0.15) is 12.7 Å². The Hall–Kier alpha value is -2.22. The number of rotatable bonds is 37. The van der Waals surface area contributed by atoms with Crippen molar-refractivity contribution in [3.63, 3.8) is 0 Å². The van der Waals surface area contributed by atoms with E-state index in [-0.39, 0.29) is 12.8 Å². The summed E-state index contributed by atoms with van der Waals surface area (Å²) in [4.78, 5) is 52.5. The Balaban J connectivity index is 4.74. The molecule has 0 aliphatic rings. The van der Waals surface area contributed by atoms with E-state index >= 15 is 0 Å². The van der Waals surface area contributed by atoms with Gasteiger partial charge in [-0.25, -0.2) is 9.13 Å². The van der Waals surface area contributed by atoms with Crippen molar-refractivity contribution in [3.8, 4) is 0 Å². The Labute approximate surface area is 341 Å². The van der Waals surface area contributed by atoms with Crippen molar-refractivity contribution in [3.05, 3.63) is 60.8 Å². The minimum absolute atomic E-state index is 0.0193. The van der Waals surface area contributed by atoms with E-state index in [1.807, 2.05) is 36.5 Å². The van der Waals surface area contributed by atoms with Crippen molar-refractivity contribution in [1.82, 2.24) is 0 Å². The van der Waals surface area contributed by atoms with Gasteiger partial charge in [0.25, 0.3) is 0 Å². The van der Waals surface area contributed by atoms with Gasteiger partial charge in [-0.1, -0.05) is 139 Å². The SMILES string of the molecule is CC/C=C\C/C=C\CC(O)/C=C/C=C\C/C=C\CCCC(=O)O[C@H](COC(=O)CCCCCCCCCCC(C)CC)COP(=O)(O)OC[C@@H](O)COP(=O)(O)O. The zero-order valence-electron chi connectivity index (χ0n) is 34.4. The first-order valence-corrected chi connectivity index (χ1v) is 23.5. The Kier molecular flexibility index (Phi) is 34.3. The minimum Gasteiger partial charge on any atom is -0.462 e. The third-order valence-corrected chi connectivity index (χ3v) is 9.97. The summed E-state index contributed by atoms with van der Waals surface area (Å²) in [6, 6.07) is 0. The van der Waals surface area contributed by atoms with E-state index in [1.165, 1.54) is 38.5 Å². The van der Waals surface area contributed by atoms with Gasteiger partial charge in [-0.3, -0.25) is 23.2 Å². The monoisotopic (exact) mass is 850 g/mol. The van der Waals surface area contributed by atoms with Crippen molar-refractivity contribution in [2.24, 2.45) is 5.92 Å². The van der Waals surface area contributed by atoms with Crippen LogP contribution in [0.5, 0.6) is 0 Å². The number of carbonyl (C=O) groups is 2. The van der Waals surface area contributed by atoms with Gasteiger partial charge in [0.05, 0.1) is 25.9 Å². The van der Waals surface area contributed by atoms with Crippen LogP contribution in [0.4, 0.5) is 0 Å². The van der Waals surface area contributed by atoms with Crippen molar-refractivity contribution >= 4 is 27.6 Å². The lowest BCUT2D eigenvalue weighted by Crippen LogP contribution is -2.29. The first kappa shape index (κ1) is 54.8. The molecule has 0 aromatic carbocycles.